The lowest BCUT2D eigenvalue weighted by Gasteiger charge is -2.30. The summed E-state index contributed by atoms with van der Waals surface area (Å²) in [6.07, 6.45) is 0. The Labute approximate surface area is 202 Å². The number of amides is 2. The highest BCUT2D eigenvalue weighted by molar-refractivity contribution is 9.10. The number of anilines is 1. The van der Waals surface area contributed by atoms with Crippen molar-refractivity contribution in [1.82, 2.24) is 4.90 Å². The number of nitrogens with zero attached hydrogens (tertiary/aromatic N) is 1. The molecule has 0 fully saturated rings. The molecule has 1 atom stereocenters. The smallest absolute Gasteiger partial charge is 0.261 e. The third kappa shape index (κ3) is 4.90. The summed E-state index contributed by atoms with van der Waals surface area (Å²) < 4.78 is 20.0. The zero-order chi connectivity index (χ0) is 22.8. The second kappa shape index (κ2) is 9.48. The molecule has 0 bridgehead atoms. The molecule has 5 nitrogen and oxygen atoms in total. The molecular weight excluding hydrogens is 522 g/mol. The van der Waals surface area contributed by atoms with Gasteiger partial charge < -0.3 is 15.0 Å². The van der Waals surface area contributed by atoms with Crippen molar-refractivity contribution in [1.29, 1.82) is 0 Å². The lowest BCUT2D eigenvalue weighted by molar-refractivity contribution is -0.138. The maximum absolute atomic E-state index is 13.6. The van der Waals surface area contributed by atoms with Gasteiger partial charge in [-0.1, -0.05) is 51.3 Å². The van der Waals surface area contributed by atoms with E-state index in [9.17, 15) is 14.0 Å². The van der Waals surface area contributed by atoms with Crippen LogP contribution in [0.3, 0.4) is 0 Å². The monoisotopic (exact) mass is 536 g/mol. The van der Waals surface area contributed by atoms with Gasteiger partial charge in [-0.2, -0.15) is 0 Å². The first-order chi connectivity index (χ1) is 15.3. The van der Waals surface area contributed by atoms with Crippen molar-refractivity contribution in [3.63, 3.8) is 0 Å². The molecule has 0 radical (unpaired) electrons. The van der Waals surface area contributed by atoms with E-state index >= 15 is 0 Å². The Hall–Kier alpha value is -2.61. The fourth-order valence-corrected chi connectivity index (χ4v) is 4.37. The summed E-state index contributed by atoms with van der Waals surface area (Å²) in [5.74, 6) is -0.890. The molecule has 1 aliphatic rings. The molecule has 1 aliphatic heterocycles. The minimum Gasteiger partial charge on any atom is -0.482 e. The Morgan fingerprint density at radius 1 is 1.12 bits per heavy atom. The first-order valence-electron chi connectivity index (χ1n) is 9.54. The molecule has 4 rings (SSSR count). The van der Waals surface area contributed by atoms with Gasteiger partial charge in [-0.25, -0.2) is 4.39 Å². The van der Waals surface area contributed by atoms with Crippen LogP contribution in [0.1, 0.15) is 17.2 Å². The average molecular weight is 538 g/mol. The molecule has 0 spiro atoms. The quantitative estimate of drug-likeness (QED) is 0.454. The van der Waals surface area contributed by atoms with Gasteiger partial charge in [0.25, 0.3) is 5.91 Å². The van der Waals surface area contributed by atoms with E-state index in [0.29, 0.717) is 27.6 Å². The van der Waals surface area contributed by atoms with Crippen molar-refractivity contribution in [2.24, 2.45) is 0 Å². The predicted octanol–water partition coefficient (Wildman–Crippen LogP) is 5.84. The molecule has 3 aromatic rings. The molecule has 9 heteroatoms. The van der Waals surface area contributed by atoms with E-state index in [4.69, 9.17) is 27.9 Å². The van der Waals surface area contributed by atoms with Gasteiger partial charge in [0.15, 0.2) is 6.61 Å². The van der Waals surface area contributed by atoms with Gasteiger partial charge in [-0.3, -0.25) is 9.59 Å². The summed E-state index contributed by atoms with van der Waals surface area (Å²) in [5, 5.41) is 3.54. The van der Waals surface area contributed by atoms with Crippen LogP contribution in [0.2, 0.25) is 10.0 Å². The number of ether oxygens (including phenoxy) is 1. The van der Waals surface area contributed by atoms with Crippen LogP contribution in [-0.4, -0.2) is 29.9 Å². The van der Waals surface area contributed by atoms with Crippen molar-refractivity contribution in [3.8, 4) is 5.75 Å². The van der Waals surface area contributed by atoms with E-state index in [-0.39, 0.29) is 24.1 Å². The molecule has 0 saturated carbocycles. The lowest BCUT2D eigenvalue weighted by atomic mass is 9.96. The molecular formula is C23H16BrCl2FN2O3. The Morgan fingerprint density at radius 3 is 2.59 bits per heavy atom. The van der Waals surface area contributed by atoms with Crippen LogP contribution in [0.25, 0.3) is 0 Å². The molecule has 1 N–H and O–H groups in total. The maximum Gasteiger partial charge on any atom is 0.261 e. The minimum absolute atomic E-state index is 0.203. The van der Waals surface area contributed by atoms with Crippen molar-refractivity contribution >= 4 is 56.6 Å². The molecule has 0 aromatic heterocycles. The van der Waals surface area contributed by atoms with Crippen molar-refractivity contribution < 1.29 is 18.7 Å². The number of hydrogen-bond acceptors (Lipinski definition) is 3. The Bertz CT molecular complexity index is 1190. The van der Waals surface area contributed by atoms with Crippen LogP contribution < -0.4 is 10.1 Å². The Morgan fingerprint density at radius 2 is 1.88 bits per heavy atom. The molecule has 1 unspecified atom stereocenters. The molecule has 1 heterocycles. The van der Waals surface area contributed by atoms with Gasteiger partial charge in [0.2, 0.25) is 5.91 Å². The van der Waals surface area contributed by atoms with Gasteiger partial charge >= 0.3 is 0 Å². The van der Waals surface area contributed by atoms with Crippen LogP contribution in [0, 0.1) is 5.82 Å². The van der Waals surface area contributed by atoms with Crippen LogP contribution >= 0.6 is 39.1 Å². The van der Waals surface area contributed by atoms with Crippen LogP contribution in [-0.2, 0) is 9.59 Å². The normalized spacial score (nSPS) is 15.6. The molecule has 32 heavy (non-hydrogen) atoms. The highest BCUT2D eigenvalue weighted by Gasteiger charge is 2.34. The van der Waals surface area contributed by atoms with E-state index in [2.05, 4.69) is 21.2 Å². The topological polar surface area (TPSA) is 58.6 Å². The summed E-state index contributed by atoms with van der Waals surface area (Å²) in [5.41, 5.74) is 1.92. The number of nitrogens with one attached hydrogen (secondary N) is 1. The van der Waals surface area contributed by atoms with Gasteiger partial charge in [-0.05, 0) is 54.1 Å². The Balaban J connectivity index is 1.71. The molecule has 0 saturated heterocycles. The Kier molecular flexibility index (Phi) is 6.69. The highest BCUT2D eigenvalue weighted by Crippen LogP contribution is 2.37. The SMILES string of the molecule is O=C1CN(C(=O)COc2ccc(Cl)cc2Cl)C(c2ccc(F)cc2)c2cc(Br)ccc2N1. The predicted molar refractivity (Wildman–Crippen MR) is 125 cm³/mol. The van der Waals surface area contributed by atoms with Crippen molar-refractivity contribution in [2.75, 3.05) is 18.5 Å². The van der Waals surface area contributed by atoms with Gasteiger partial charge in [-0.15, -0.1) is 0 Å². The van der Waals surface area contributed by atoms with Crippen LogP contribution in [0.15, 0.2) is 65.1 Å². The number of carbonyl (C=O) groups excluding carboxylic acids is 2. The largest absolute Gasteiger partial charge is 0.482 e. The van der Waals surface area contributed by atoms with E-state index in [1.807, 2.05) is 6.07 Å². The second-order valence-electron chi connectivity index (χ2n) is 7.12. The summed E-state index contributed by atoms with van der Waals surface area (Å²) >= 11 is 15.5. The van der Waals surface area contributed by atoms with Gasteiger partial charge in [0.05, 0.1) is 11.1 Å². The van der Waals surface area contributed by atoms with Crippen molar-refractivity contribution in [3.05, 3.63) is 92.1 Å². The first kappa shape index (κ1) is 22.6. The number of benzene rings is 3. The fourth-order valence-electron chi connectivity index (χ4n) is 3.53. The van der Waals surface area contributed by atoms with E-state index in [0.717, 1.165) is 4.47 Å². The molecule has 2 amide bonds. The molecule has 164 valence electrons. The fraction of sp³-hybridized carbons (Fsp3) is 0.130. The minimum atomic E-state index is -0.640. The number of rotatable bonds is 4. The number of carbonyl (C=O) groups is 2. The van der Waals surface area contributed by atoms with Crippen molar-refractivity contribution in [2.45, 2.75) is 6.04 Å². The average Bonchev–Trinajstić information content (AvgIpc) is 2.89. The second-order valence-corrected chi connectivity index (χ2v) is 8.88. The highest BCUT2D eigenvalue weighted by atomic mass is 79.9. The molecule has 3 aromatic carbocycles. The lowest BCUT2D eigenvalue weighted by Crippen LogP contribution is -2.41. The number of halogens is 4. The maximum atomic E-state index is 13.6. The summed E-state index contributed by atoms with van der Waals surface area (Å²) in [6, 6.07) is 15.2. The third-order valence-electron chi connectivity index (χ3n) is 4.96. The standard InChI is InChI=1S/C23H16BrCl2FN2O3/c24-14-3-7-19-17(9-14)23(13-1-5-16(27)6-2-13)29(11-21(30)28-19)22(31)12-32-20-8-4-15(25)10-18(20)26/h1-10,23H,11-12H2,(H,28,30). The van der Waals surface area contributed by atoms with Gasteiger partial charge in [0.1, 0.15) is 18.1 Å². The van der Waals surface area contributed by atoms with E-state index in [1.165, 1.54) is 23.1 Å². The summed E-state index contributed by atoms with van der Waals surface area (Å²) in [4.78, 5) is 27.3. The van der Waals surface area contributed by atoms with Crippen LogP contribution in [0.4, 0.5) is 10.1 Å². The summed E-state index contributed by atoms with van der Waals surface area (Å²) in [6.45, 7) is -0.555. The zero-order valence-electron chi connectivity index (χ0n) is 16.4. The first-order valence-corrected chi connectivity index (χ1v) is 11.1. The molecule has 0 aliphatic carbocycles. The van der Waals surface area contributed by atoms with Crippen LogP contribution in [0.5, 0.6) is 5.75 Å². The third-order valence-corrected chi connectivity index (χ3v) is 5.98. The summed E-state index contributed by atoms with van der Waals surface area (Å²) in [7, 11) is 0. The van der Waals surface area contributed by atoms with Gasteiger partial charge in [0, 0.05) is 20.7 Å². The number of hydrogen-bond donors (Lipinski definition) is 1. The number of fused-ring (bicyclic) bond motifs is 1. The zero-order valence-corrected chi connectivity index (χ0v) is 19.5. The van der Waals surface area contributed by atoms with E-state index < -0.39 is 17.8 Å². The van der Waals surface area contributed by atoms with E-state index in [1.54, 1.807) is 36.4 Å².